The van der Waals surface area contributed by atoms with Crippen LogP contribution in [0.1, 0.15) is 6.42 Å². The minimum absolute atomic E-state index is 0.0112. The first-order valence-electron chi connectivity index (χ1n) is 5.25. The summed E-state index contributed by atoms with van der Waals surface area (Å²) in [5.74, 6) is -0.383. The van der Waals surface area contributed by atoms with Crippen LogP contribution in [-0.2, 0) is 0 Å². The first-order valence-corrected chi connectivity index (χ1v) is 5.25. The Balaban J connectivity index is 2.17. The highest BCUT2D eigenvalue weighted by Crippen LogP contribution is 2.22. The van der Waals surface area contributed by atoms with Crippen molar-refractivity contribution in [2.75, 3.05) is 18.0 Å². The molecule has 0 radical (unpaired) electrons. The summed E-state index contributed by atoms with van der Waals surface area (Å²) in [5, 5.41) is 2.77. The minimum Gasteiger partial charge on any atom is -0.333 e. The van der Waals surface area contributed by atoms with Crippen LogP contribution in [0, 0.1) is 5.82 Å². The molecule has 1 atom stereocenters. The first-order chi connectivity index (χ1) is 7.72. The molecule has 86 valence electrons. The van der Waals surface area contributed by atoms with E-state index in [-0.39, 0.29) is 17.9 Å². The van der Waals surface area contributed by atoms with Gasteiger partial charge in [-0.05, 0) is 25.1 Å². The van der Waals surface area contributed by atoms with E-state index in [1.807, 2.05) is 0 Å². The van der Waals surface area contributed by atoms with Gasteiger partial charge in [0.05, 0.1) is 5.69 Å². The fraction of sp³-hybridized carbons (Fsp3) is 0.364. The van der Waals surface area contributed by atoms with Gasteiger partial charge in [-0.25, -0.2) is 9.18 Å². The molecule has 5 heteroatoms. The third-order valence-corrected chi connectivity index (χ3v) is 2.63. The standard InChI is InChI=1S/C11H14FN3O/c12-9-3-1-2-4-10(9)15-7-8(5-6-13)14-11(15)16/h1-4,8H,5-7,13H2,(H,14,16). The molecule has 0 saturated carbocycles. The van der Waals surface area contributed by atoms with E-state index in [4.69, 9.17) is 5.73 Å². The highest BCUT2D eigenvalue weighted by molar-refractivity contribution is 5.94. The Kier molecular flexibility index (Phi) is 3.05. The van der Waals surface area contributed by atoms with Gasteiger partial charge in [-0.15, -0.1) is 0 Å². The quantitative estimate of drug-likeness (QED) is 0.805. The zero-order valence-corrected chi connectivity index (χ0v) is 8.82. The lowest BCUT2D eigenvalue weighted by Crippen LogP contribution is -2.29. The van der Waals surface area contributed by atoms with Gasteiger partial charge in [0.25, 0.3) is 0 Å². The Morgan fingerprint density at radius 3 is 2.94 bits per heavy atom. The first kappa shape index (κ1) is 10.9. The van der Waals surface area contributed by atoms with Gasteiger partial charge in [0.15, 0.2) is 0 Å². The van der Waals surface area contributed by atoms with Crippen molar-refractivity contribution in [3.05, 3.63) is 30.1 Å². The molecule has 0 spiro atoms. The lowest BCUT2D eigenvalue weighted by molar-refractivity contribution is 0.250. The second-order valence-corrected chi connectivity index (χ2v) is 3.79. The summed E-state index contributed by atoms with van der Waals surface area (Å²) in [6.07, 6.45) is 0.705. The Bertz CT molecular complexity index is 397. The minimum atomic E-state index is -0.383. The molecule has 0 aliphatic carbocycles. The molecular formula is C11H14FN3O. The van der Waals surface area contributed by atoms with Gasteiger partial charge in [0.2, 0.25) is 0 Å². The van der Waals surface area contributed by atoms with Crippen molar-refractivity contribution in [1.29, 1.82) is 0 Å². The average molecular weight is 223 g/mol. The monoisotopic (exact) mass is 223 g/mol. The van der Waals surface area contributed by atoms with Crippen LogP contribution in [0.15, 0.2) is 24.3 Å². The van der Waals surface area contributed by atoms with Crippen molar-refractivity contribution < 1.29 is 9.18 Å². The number of benzene rings is 1. The zero-order valence-electron chi connectivity index (χ0n) is 8.82. The van der Waals surface area contributed by atoms with Crippen molar-refractivity contribution in [3.63, 3.8) is 0 Å². The van der Waals surface area contributed by atoms with E-state index in [0.29, 0.717) is 25.2 Å². The number of hydrogen-bond acceptors (Lipinski definition) is 2. The fourth-order valence-corrected chi connectivity index (χ4v) is 1.84. The number of nitrogens with zero attached hydrogens (tertiary/aromatic N) is 1. The third kappa shape index (κ3) is 1.99. The van der Waals surface area contributed by atoms with Crippen molar-refractivity contribution in [2.45, 2.75) is 12.5 Å². The van der Waals surface area contributed by atoms with Crippen molar-refractivity contribution >= 4 is 11.7 Å². The number of nitrogens with two attached hydrogens (primary N) is 1. The molecule has 1 saturated heterocycles. The fourth-order valence-electron chi connectivity index (χ4n) is 1.84. The second kappa shape index (κ2) is 4.49. The molecule has 1 aliphatic heterocycles. The van der Waals surface area contributed by atoms with Crippen LogP contribution in [0.5, 0.6) is 0 Å². The number of carbonyl (C=O) groups is 1. The van der Waals surface area contributed by atoms with Gasteiger partial charge in [0.1, 0.15) is 5.82 Å². The van der Waals surface area contributed by atoms with Gasteiger partial charge < -0.3 is 11.1 Å². The van der Waals surface area contributed by atoms with Crippen molar-refractivity contribution in [2.24, 2.45) is 5.73 Å². The third-order valence-electron chi connectivity index (χ3n) is 2.63. The molecule has 3 N–H and O–H groups in total. The highest BCUT2D eigenvalue weighted by Gasteiger charge is 2.30. The topological polar surface area (TPSA) is 58.4 Å². The molecule has 1 aromatic carbocycles. The van der Waals surface area contributed by atoms with Crippen LogP contribution in [0.2, 0.25) is 0 Å². The summed E-state index contributed by atoms with van der Waals surface area (Å²) in [6, 6.07) is 6.01. The molecule has 2 rings (SSSR count). The number of rotatable bonds is 3. The van der Waals surface area contributed by atoms with Gasteiger partial charge in [-0.2, -0.15) is 0 Å². The summed E-state index contributed by atoms with van der Waals surface area (Å²) in [7, 11) is 0. The van der Waals surface area contributed by atoms with Crippen molar-refractivity contribution in [1.82, 2.24) is 5.32 Å². The lowest BCUT2D eigenvalue weighted by atomic mass is 10.2. The Labute approximate surface area is 93.2 Å². The smallest absolute Gasteiger partial charge is 0.322 e. The number of hydrogen-bond donors (Lipinski definition) is 2. The van der Waals surface area contributed by atoms with Gasteiger partial charge in [-0.3, -0.25) is 4.90 Å². The molecule has 2 amide bonds. The Hall–Kier alpha value is -1.62. The number of urea groups is 1. The van der Waals surface area contributed by atoms with E-state index in [0.717, 1.165) is 0 Å². The van der Waals surface area contributed by atoms with E-state index >= 15 is 0 Å². The number of carbonyl (C=O) groups excluding carboxylic acids is 1. The van der Waals surface area contributed by atoms with Crippen LogP contribution in [-0.4, -0.2) is 25.2 Å². The summed E-state index contributed by atoms with van der Waals surface area (Å²) < 4.78 is 13.5. The molecule has 1 heterocycles. The Morgan fingerprint density at radius 1 is 1.50 bits per heavy atom. The number of para-hydroxylation sites is 1. The molecule has 1 fully saturated rings. The second-order valence-electron chi connectivity index (χ2n) is 3.79. The number of nitrogens with one attached hydrogen (secondary N) is 1. The Morgan fingerprint density at radius 2 is 2.25 bits per heavy atom. The molecule has 0 bridgehead atoms. The lowest BCUT2D eigenvalue weighted by Gasteiger charge is -2.15. The average Bonchev–Trinajstić information content (AvgIpc) is 2.61. The number of anilines is 1. The van der Waals surface area contributed by atoms with E-state index in [9.17, 15) is 9.18 Å². The molecule has 4 nitrogen and oxygen atoms in total. The van der Waals surface area contributed by atoms with Crippen LogP contribution in [0.3, 0.4) is 0 Å². The maximum atomic E-state index is 13.5. The molecule has 1 aliphatic rings. The summed E-state index contributed by atoms with van der Waals surface area (Å²) in [6.45, 7) is 0.979. The highest BCUT2D eigenvalue weighted by atomic mass is 19.1. The summed E-state index contributed by atoms with van der Waals surface area (Å²) in [4.78, 5) is 13.0. The SMILES string of the molecule is NCCC1CN(c2ccccc2F)C(=O)N1. The van der Waals surface area contributed by atoms with E-state index in [1.165, 1.54) is 11.0 Å². The molecule has 1 aromatic rings. The van der Waals surface area contributed by atoms with Gasteiger partial charge >= 0.3 is 6.03 Å². The maximum Gasteiger partial charge on any atom is 0.322 e. The predicted octanol–water partition coefficient (Wildman–Crippen LogP) is 1.07. The van der Waals surface area contributed by atoms with Crippen molar-refractivity contribution in [3.8, 4) is 0 Å². The van der Waals surface area contributed by atoms with Crippen LogP contribution in [0.4, 0.5) is 14.9 Å². The summed E-state index contributed by atoms with van der Waals surface area (Å²) >= 11 is 0. The van der Waals surface area contributed by atoms with E-state index in [1.54, 1.807) is 18.2 Å². The van der Waals surface area contributed by atoms with Crippen LogP contribution in [0.25, 0.3) is 0 Å². The molecule has 16 heavy (non-hydrogen) atoms. The number of amides is 2. The number of halogens is 1. The predicted molar refractivity (Wildman–Crippen MR) is 59.7 cm³/mol. The zero-order chi connectivity index (χ0) is 11.5. The summed E-state index contributed by atoms with van der Waals surface area (Å²) in [5.41, 5.74) is 5.74. The van der Waals surface area contributed by atoms with E-state index in [2.05, 4.69) is 5.32 Å². The normalized spacial score (nSPS) is 20.0. The van der Waals surface area contributed by atoms with Crippen LogP contribution < -0.4 is 16.0 Å². The van der Waals surface area contributed by atoms with Gasteiger partial charge in [-0.1, -0.05) is 12.1 Å². The van der Waals surface area contributed by atoms with E-state index < -0.39 is 0 Å². The van der Waals surface area contributed by atoms with Crippen LogP contribution >= 0.6 is 0 Å². The van der Waals surface area contributed by atoms with Gasteiger partial charge in [0, 0.05) is 12.6 Å². The molecule has 1 unspecified atom stereocenters. The largest absolute Gasteiger partial charge is 0.333 e. The maximum absolute atomic E-state index is 13.5. The molecule has 0 aromatic heterocycles. The molecular weight excluding hydrogens is 209 g/mol.